The molecule has 0 fully saturated rings. The van der Waals surface area contributed by atoms with Crippen LogP contribution in [0.3, 0.4) is 0 Å². The highest BCUT2D eigenvalue weighted by atomic mass is 16.1. The molecule has 1 aromatic rings. The Kier molecular flexibility index (Phi) is 4.20. The number of anilines is 1. The molecule has 0 saturated carbocycles. The maximum Gasteiger partial charge on any atom is 0.219 e. The smallest absolute Gasteiger partial charge is 0.219 e. The highest BCUT2D eigenvalue weighted by Crippen LogP contribution is 2.21. The standard InChI is InChI=1S/C14H21N3O/c1-16-14(18)3-2-7-17-8-6-11-4-5-13(15)9-12(11)10-17/h4-5,9H,2-3,6-8,10,15H2,1H3,(H,16,18). The predicted molar refractivity (Wildman–Crippen MR) is 73.1 cm³/mol. The van der Waals surface area contributed by atoms with Gasteiger partial charge in [-0.3, -0.25) is 9.69 Å². The number of amides is 1. The summed E-state index contributed by atoms with van der Waals surface area (Å²) >= 11 is 0. The van der Waals surface area contributed by atoms with Crippen LogP contribution in [0.2, 0.25) is 0 Å². The van der Waals surface area contributed by atoms with E-state index in [-0.39, 0.29) is 5.91 Å². The quantitative estimate of drug-likeness (QED) is 0.785. The zero-order chi connectivity index (χ0) is 13.0. The first-order chi connectivity index (χ1) is 8.69. The Balaban J connectivity index is 1.85. The van der Waals surface area contributed by atoms with Crippen LogP contribution in [-0.2, 0) is 17.8 Å². The Morgan fingerprint density at radius 3 is 3.06 bits per heavy atom. The largest absolute Gasteiger partial charge is 0.399 e. The first-order valence-electron chi connectivity index (χ1n) is 6.49. The molecule has 1 heterocycles. The van der Waals surface area contributed by atoms with Crippen molar-refractivity contribution in [3.63, 3.8) is 0 Å². The van der Waals surface area contributed by atoms with Gasteiger partial charge < -0.3 is 11.1 Å². The van der Waals surface area contributed by atoms with Gasteiger partial charge in [0.1, 0.15) is 0 Å². The minimum Gasteiger partial charge on any atom is -0.399 e. The Bertz CT molecular complexity index is 431. The van der Waals surface area contributed by atoms with Gasteiger partial charge in [0.2, 0.25) is 5.91 Å². The van der Waals surface area contributed by atoms with E-state index in [1.165, 1.54) is 11.1 Å². The second kappa shape index (κ2) is 5.87. The van der Waals surface area contributed by atoms with Gasteiger partial charge >= 0.3 is 0 Å². The number of hydrogen-bond donors (Lipinski definition) is 2. The normalized spacial score (nSPS) is 15.2. The van der Waals surface area contributed by atoms with Crippen molar-refractivity contribution in [1.82, 2.24) is 10.2 Å². The summed E-state index contributed by atoms with van der Waals surface area (Å²) in [6, 6.07) is 6.17. The molecule has 0 aromatic heterocycles. The molecule has 1 amide bonds. The molecule has 4 nitrogen and oxygen atoms in total. The fraction of sp³-hybridized carbons (Fsp3) is 0.500. The Hall–Kier alpha value is -1.55. The Morgan fingerprint density at radius 2 is 2.28 bits per heavy atom. The second-order valence-corrected chi connectivity index (χ2v) is 4.83. The van der Waals surface area contributed by atoms with E-state index in [4.69, 9.17) is 5.73 Å². The van der Waals surface area contributed by atoms with Crippen molar-refractivity contribution in [1.29, 1.82) is 0 Å². The van der Waals surface area contributed by atoms with Crippen molar-refractivity contribution >= 4 is 11.6 Å². The van der Waals surface area contributed by atoms with E-state index in [0.717, 1.165) is 38.2 Å². The summed E-state index contributed by atoms with van der Waals surface area (Å²) in [5.41, 5.74) is 9.39. The minimum absolute atomic E-state index is 0.122. The highest BCUT2D eigenvalue weighted by Gasteiger charge is 2.15. The molecule has 0 saturated heterocycles. The fourth-order valence-corrected chi connectivity index (χ4v) is 2.41. The molecule has 1 aliphatic heterocycles. The van der Waals surface area contributed by atoms with Crippen LogP contribution in [-0.4, -0.2) is 30.9 Å². The second-order valence-electron chi connectivity index (χ2n) is 4.83. The molecule has 3 N–H and O–H groups in total. The van der Waals surface area contributed by atoms with E-state index in [1.54, 1.807) is 7.05 Å². The van der Waals surface area contributed by atoms with Crippen LogP contribution >= 0.6 is 0 Å². The summed E-state index contributed by atoms with van der Waals surface area (Å²) < 4.78 is 0. The molecule has 4 heteroatoms. The third-order valence-electron chi connectivity index (χ3n) is 3.48. The third-order valence-corrected chi connectivity index (χ3v) is 3.48. The average Bonchev–Trinajstić information content (AvgIpc) is 2.38. The van der Waals surface area contributed by atoms with E-state index in [2.05, 4.69) is 22.3 Å². The number of nitrogens with zero attached hydrogens (tertiary/aromatic N) is 1. The lowest BCUT2D eigenvalue weighted by atomic mass is 9.99. The van der Waals surface area contributed by atoms with Crippen molar-refractivity contribution in [2.24, 2.45) is 0 Å². The van der Waals surface area contributed by atoms with Crippen LogP contribution < -0.4 is 11.1 Å². The number of nitrogens with two attached hydrogens (primary N) is 1. The summed E-state index contributed by atoms with van der Waals surface area (Å²) in [5, 5.41) is 2.65. The Labute approximate surface area is 108 Å². The first kappa shape index (κ1) is 12.9. The van der Waals surface area contributed by atoms with Gasteiger partial charge in [-0.1, -0.05) is 6.07 Å². The topological polar surface area (TPSA) is 58.4 Å². The van der Waals surface area contributed by atoms with Gasteiger partial charge in [0.15, 0.2) is 0 Å². The van der Waals surface area contributed by atoms with Crippen LogP contribution in [0.25, 0.3) is 0 Å². The molecule has 18 heavy (non-hydrogen) atoms. The zero-order valence-corrected chi connectivity index (χ0v) is 10.9. The molecule has 98 valence electrons. The lowest BCUT2D eigenvalue weighted by molar-refractivity contribution is -0.120. The van der Waals surface area contributed by atoms with Crippen molar-refractivity contribution in [3.8, 4) is 0 Å². The van der Waals surface area contributed by atoms with Crippen molar-refractivity contribution in [2.45, 2.75) is 25.8 Å². The molecular formula is C14H21N3O. The Morgan fingerprint density at radius 1 is 1.44 bits per heavy atom. The van der Waals surface area contributed by atoms with Crippen LogP contribution in [0, 0.1) is 0 Å². The summed E-state index contributed by atoms with van der Waals surface area (Å²) in [6.45, 7) is 3.00. The van der Waals surface area contributed by atoms with Crippen molar-refractivity contribution < 1.29 is 4.79 Å². The molecule has 0 aliphatic carbocycles. The monoisotopic (exact) mass is 247 g/mol. The SMILES string of the molecule is CNC(=O)CCCN1CCc2ccc(N)cc2C1. The van der Waals surface area contributed by atoms with Crippen LogP contribution in [0.1, 0.15) is 24.0 Å². The lowest BCUT2D eigenvalue weighted by Crippen LogP contribution is -2.32. The van der Waals surface area contributed by atoms with E-state index in [1.807, 2.05) is 6.07 Å². The van der Waals surface area contributed by atoms with Gasteiger partial charge in [0.25, 0.3) is 0 Å². The molecule has 0 unspecified atom stereocenters. The summed E-state index contributed by atoms with van der Waals surface area (Å²) in [4.78, 5) is 13.5. The number of nitrogens with one attached hydrogen (secondary N) is 1. The number of nitrogen functional groups attached to an aromatic ring is 1. The number of benzene rings is 1. The fourth-order valence-electron chi connectivity index (χ4n) is 2.41. The molecule has 0 bridgehead atoms. The van der Waals surface area contributed by atoms with Gasteiger partial charge in [-0.05, 0) is 42.6 Å². The average molecular weight is 247 g/mol. The number of hydrogen-bond acceptors (Lipinski definition) is 3. The van der Waals surface area contributed by atoms with Gasteiger partial charge in [0.05, 0.1) is 0 Å². The molecule has 0 atom stereocenters. The predicted octanol–water partition coefficient (Wildman–Crippen LogP) is 1.15. The summed E-state index contributed by atoms with van der Waals surface area (Å²) in [5.74, 6) is 0.122. The third kappa shape index (κ3) is 3.23. The van der Waals surface area contributed by atoms with Gasteiger partial charge in [-0.15, -0.1) is 0 Å². The van der Waals surface area contributed by atoms with E-state index in [9.17, 15) is 4.79 Å². The number of carbonyl (C=O) groups is 1. The summed E-state index contributed by atoms with van der Waals surface area (Å²) in [7, 11) is 1.68. The van der Waals surface area contributed by atoms with Gasteiger partial charge in [-0.25, -0.2) is 0 Å². The van der Waals surface area contributed by atoms with Crippen LogP contribution in [0.5, 0.6) is 0 Å². The molecular weight excluding hydrogens is 226 g/mol. The van der Waals surface area contributed by atoms with Crippen LogP contribution in [0.15, 0.2) is 18.2 Å². The maximum atomic E-state index is 11.2. The zero-order valence-electron chi connectivity index (χ0n) is 10.9. The van der Waals surface area contributed by atoms with Gasteiger partial charge in [0, 0.05) is 32.2 Å². The summed E-state index contributed by atoms with van der Waals surface area (Å²) in [6.07, 6.45) is 2.60. The number of rotatable bonds is 4. The lowest BCUT2D eigenvalue weighted by Gasteiger charge is -2.28. The molecule has 1 aromatic carbocycles. The van der Waals surface area contributed by atoms with E-state index < -0.39 is 0 Å². The number of fused-ring (bicyclic) bond motifs is 1. The van der Waals surface area contributed by atoms with E-state index >= 15 is 0 Å². The van der Waals surface area contributed by atoms with Crippen molar-refractivity contribution in [3.05, 3.63) is 29.3 Å². The van der Waals surface area contributed by atoms with E-state index in [0.29, 0.717) is 6.42 Å². The minimum atomic E-state index is 0.122. The van der Waals surface area contributed by atoms with Crippen LogP contribution in [0.4, 0.5) is 5.69 Å². The highest BCUT2D eigenvalue weighted by molar-refractivity contribution is 5.75. The number of carbonyl (C=O) groups excluding carboxylic acids is 1. The first-order valence-corrected chi connectivity index (χ1v) is 6.49. The van der Waals surface area contributed by atoms with Crippen molar-refractivity contribution in [2.75, 3.05) is 25.9 Å². The molecule has 0 spiro atoms. The molecule has 2 rings (SSSR count). The molecule has 0 radical (unpaired) electrons. The maximum absolute atomic E-state index is 11.2. The molecule has 1 aliphatic rings. The van der Waals surface area contributed by atoms with Gasteiger partial charge in [-0.2, -0.15) is 0 Å².